The van der Waals surface area contributed by atoms with Gasteiger partial charge in [0.2, 0.25) is 5.91 Å². The quantitative estimate of drug-likeness (QED) is 0.742. The molecule has 3 rings (SSSR count). The number of benzene rings is 1. The van der Waals surface area contributed by atoms with Crippen LogP contribution in [0.5, 0.6) is 0 Å². The fourth-order valence-corrected chi connectivity index (χ4v) is 3.46. The van der Waals surface area contributed by atoms with Crippen LogP contribution in [0.25, 0.3) is 0 Å². The van der Waals surface area contributed by atoms with Gasteiger partial charge in [-0.2, -0.15) is 0 Å². The molecule has 0 N–H and O–H groups in total. The summed E-state index contributed by atoms with van der Waals surface area (Å²) in [6.07, 6.45) is 3.20. The van der Waals surface area contributed by atoms with E-state index in [1.807, 2.05) is 0 Å². The smallest absolute Gasteiger partial charge is 0.226 e. The molecule has 2 nitrogen and oxygen atoms in total. The number of hydrogen-bond acceptors (Lipinski definition) is 1. The molecule has 2 heterocycles. The Hall–Kier alpha value is -1.31. The SMILES string of the molecule is CC(C)C1Cc2ccccc2C2CCCN2C1=O. The van der Waals surface area contributed by atoms with Gasteiger partial charge in [-0.25, -0.2) is 0 Å². The summed E-state index contributed by atoms with van der Waals surface area (Å²) in [7, 11) is 0. The van der Waals surface area contributed by atoms with Crippen LogP contribution in [0.2, 0.25) is 0 Å². The normalized spacial score (nSPS) is 27.1. The number of carbonyl (C=O) groups is 1. The van der Waals surface area contributed by atoms with Crippen LogP contribution < -0.4 is 0 Å². The second-order valence-electron chi connectivity index (χ2n) is 5.94. The molecule has 0 saturated carbocycles. The highest BCUT2D eigenvalue weighted by atomic mass is 16.2. The Morgan fingerprint density at radius 3 is 2.83 bits per heavy atom. The van der Waals surface area contributed by atoms with Crippen molar-refractivity contribution in [1.29, 1.82) is 0 Å². The Kier molecular flexibility index (Phi) is 2.89. The van der Waals surface area contributed by atoms with Gasteiger partial charge in [0.05, 0.1) is 6.04 Å². The van der Waals surface area contributed by atoms with E-state index in [0.717, 1.165) is 25.8 Å². The minimum atomic E-state index is 0.161. The highest BCUT2D eigenvalue weighted by molar-refractivity contribution is 5.81. The van der Waals surface area contributed by atoms with Crippen LogP contribution in [0, 0.1) is 11.8 Å². The molecule has 1 fully saturated rings. The predicted octanol–water partition coefficient (Wildman–Crippen LogP) is 3.18. The first kappa shape index (κ1) is 11.8. The van der Waals surface area contributed by atoms with Crippen molar-refractivity contribution >= 4 is 5.91 Å². The lowest BCUT2D eigenvalue weighted by Gasteiger charge is -2.27. The summed E-state index contributed by atoms with van der Waals surface area (Å²) in [6, 6.07) is 8.98. The molecular weight excluding hydrogens is 222 g/mol. The van der Waals surface area contributed by atoms with E-state index in [9.17, 15) is 4.79 Å². The van der Waals surface area contributed by atoms with Crippen molar-refractivity contribution in [2.24, 2.45) is 11.8 Å². The Bertz CT molecular complexity index is 462. The van der Waals surface area contributed by atoms with Crippen LogP contribution in [0.15, 0.2) is 24.3 Å². The molecule has 2 aliphatic rings. The van der Waals surface area contributed by atoms with Crippen molar-refractivity contribution in [1.82, 2.24) is 4.90 Å². The first-order valence-electron chi connectivity index (χ1n) is 7.06. The van der Waals surface area contributed by atoms with Gasteiger partial charge >= 0.3 is 0 Å². The summed E-state index contributed by atoms with van der Waals surface area (Å²) in [5.41, 5.74) is 2.78. The van der Waals surface area contributed by atoms with Gasteiger partial charge in [-0.15, -0.1) is 0 Å². The Morgan fingerprint density at radius 1 is 1.28 bits per heavy atom. The van der Waals surface area contributed by atoms with Gasteiger partial charge in [0.15, 0.2) is 0 Å². The van der Waals surface area contributed by atoms with Gasteiger partial charge < -0.3 is 4.90 Å². The molecular formula is C16H21NO. The number of amides is 1. The zero-order valence-electron chi connectivity index (χ0n) is 11.2. The lowest BCUT2D eigenvalue weighted by atomic mass is 9.87. The average Bonchev–Trinajstić information content (AvgIpc) is 2.80. The molecule has 2 unspecified atom stereocenters. The van der Waals surface area contributed by atoms with Crippen LogP contribution in [0.1, 0.15) is 43.9 Å². The molecule has 1 aromatic carbocycles. The fourth-order valence-electron chi connectivity index (χ4n) is 3.46. The molecule has 2 heteroatoms. The molecule has 0 spiro atoms. The first-order chi connectivity index (χ1) is 8.68. The maximum absolute atomic E-state index is 12.7. The van der Waals surface area contributed by atoms with Crippen molar-refractivity contribution in [3.63, 3.8) is 0 Å². The molecule has 0 bridgehead atoms. The van der Waals surface area contributed by atoms with E-state index in [1.165, 1.54) is 11.1 Å². The molecule has 2 aliphatic heterocycles. The lowest BCUT2D eigenvalue weighted by Crippen LogP contribution is -2.36. The second kappa shape index (κ2) is 4.42. The van der Waals surface area contributed by atoms with E-state index >= 15 is 0 Å². The molecule has 0 aliphatic carbocycles. The number of nitrogens with zero attached hydrogens (tertiary/aromatic N) is 1. The molecule has 0 radical (unpaired) electrons. The van der Waals surface area contributed by atoms with Gasteiger partial charge in [-0.05, 0) is 36.3 Å². The average molecular weight is 243 g/mol. The molecule has 2 atom stereocenters. The summed E-state index contributed by atoms with van der Waals surface area (Å²) in [6.45, 7) is 5.28. The fraction of sp³-hybridized carbons (Fsp3) is 0.562. The molecule has 18 heavy (non-hydrogen) atoms. The highest BCUT2D eigenvalue weighted by Crippen LogP contribution is 2.39. The zero-order chi connectivity index (χ0) is 12.7. The van der Waals surface area contributed by atoms with Crippen LogP contribution in [-0.4, -0.2) is 17.4 Å². The number of hydrogen-bond donors (Lipinski definition) is 0. The van der Waals surface area contributed by atoms with Crippen LogP contribution in [-0.2, 0) is 11.2 Å². The van der Waals surface area contributed by atoms with Crippen LogP contribution in [0.3, 0.4) is 0 Å². The third-order valence-corrected chi connectivity index (χ3v) is 4.51. The van der Waals surface area contributed by atoms with Crippen LogP contribution >= 0.6 is 0 Å². The summed E-state index contributed by atoms with van der Waals surface area (Å²) in [4.78, 5) is 14.8. The van der Waals surface area contributed by atoms with Crippen molar-refractivity contribution in [3.8, 4) is 0 Å². The standard InChI is InChI=1S/C16H21NO/c1-11(2)14-10-12-6-3-4-7-13(12)15-8-5-9-17(15)16(14)18/h3-4,6-7,11,14-15H,5,8-10H2,1-2H3. The Labute approximate surface area is 109 Å². The highest BCUT2D eigenvalue weighted by Gasteiger charge is 2.39. The lowest BCUT2D eigenvalue weighted by molar-refractivity contribution is -0.137. The molecule has 96 valence electrons. The summed E-state index contributed by atoms with van der Waals surface area (Å²) in [5, 5.41) is 0. The molecule has 1 aromatic rings. The minimum absolute atomic E-state index is 0.161. The zero-order valence-corrected chi connectivity index (χ0v) is 11.2. The Morgan fingerprint density at radius 2 is 2.06 bits per heavy atom. The van der Waals surface area contributed by atoms with Gasteiger partial charge in [0, 0.05) is 12.5 Å². The monoisotopic (exact) mass is 243 g/mol. The van der Waals surface area contributed by atoms with E-state index in [2.05, 4.69) is 43.0 Å². The minimum Gasteiger partial charge on any atom is -0.335 e. The van der Waals surface area contributed by atoms with E-state index in [4.69, 9.17) is 0 Å². The topological polar surface area (TPSA) is 20.3 Å². The van der Waals surface area contributed by atoms with Crippen molar-refractivity contribution in [3.05, 3.63) is 35.4 Å². The summed E-state index contributed by atoms with van der Waals surface area (Å²) >= 11 is 0. The molecule has 1 amide bonds. The third kappa shape index (κ3) is 1.75. The number of carbonyl (C=O) groups excluding carboxylic acids is 1. The Balaban J connectivity index is 2.07. The van der Waals surface area contributed by atoms with Crippen LogP contribution in [0.4, 0.5) is 0 Å². The second-order valence-corrected chi connectivity index (χ2v) is 5.94. The summed E-state index contributed by atoms with van der Waals surface area (Å²) in [5.74, 6) is 0.961. The number of rotatable bonds is 1. The van der Waals surface area contributed by atoms with Crippen molar-refractivity contribution in [2.75, 3.05) is 6.54 Å². The van der Waals surface area contributed by atoms with E-state index < -0.39 is 0 Å². The maximum Gasteiger partial charge on any atom is 0.226 e. The van der Waals surface area contributed by atoms with Gasteiger partial charge in [-0.3, -0.25) is 4.79 Å². The molecule has 1 saturated heterocycles. The predicted molar refractivity (Wildman–Crippen MR) is 72.2 cm³/mol. The first-order valence-corrected chi connectivity index (χ1v) is 7.06. The van der Waals surface area contributed by atoms with E-state index in [0.29, 0.717) is 17.9 Å². The van der Waals surface area contributed by atoms with Gasteiger partial charge in [-0.1, -0.05) is 38.1 Å². The summed E-state index contributed by atoms with van der Waals surface area (Å²) < 4.78 is 0. The number of fused-ring (bicyclic) bond motifs is 3. The van der Waals surface area contributed by atoms with Gasteiger partial charge in [0.1, 0.15) is 0 Å². The van der Waals surface area contributed by atoms with Crippen molar-refractivity contribution < 1.29 is 4.79 Å². The van der Waals surface area contributed by atoms with Gasteiger partial charge in [0.25, 0.3) is 0 Å². The molecule has 0 aromatic heterocycles. The van der Waals surface area contributed by atoms with Crippen molar-refractivity contribution in [2.45, 2.75) is 39.2 Å². The van der Waals surface area contributed by atoms with E-state index in [-0.39, 0.29) is 5.92 Å². The maximum atomic E-state index is 12.7. The third-order valence-electron chi connectivity index (χ3n) is 4.51. The largest absolute Gasteiger partial charge is 0.335 e. The van der Waals surface area contributed by atoms with E-state index in [1.54, 1.807) is 0 Å².